The van der Waals surface area contributed by atoms with Gasteiger partial charge in [-0.05, 0) is 23.8 Å². The van der Waals surface area contributed by atoms with E-state index in [0.29, 0.717) is 18.1 Å². The van der Waals surface area contributed by atoms with Gasteiger partial charge in [0.1, 0.15) is 11.9 Å². The standard InChI is InChI=1S/C22H23N5O4/c1-25-12-14-7-3-6-10-17(14)27(18(21(25)30)11-20(28)29)22(31)26(2)13-19-23-15-8-4-5-9-16(15)24-19/h3-10,18H,11-13H2,1-2H3,(H,23,24)(H,28,29)/t18-/m0/s1. The van der Waals surface area contributed by atoms with Gasteiger partial charge in [-0.15, -0.1) is 0 Å². The van der Waals surface area contributed by atoms with E-state index >= 15 is 0 Å². The smallest absolute Gasteiger partial charge is 0.325 e. The molecule has 0 aliphatic carbocycles. The van der Waals surface area contributed by atoms with Crippen molar-refractivity contribution in [1.29, 1.82) is 0 Å². The molecule has 9 nitrogen and oxygen atoms in total. The minimum absolute atomic E-state index is 0.177. The number of carbonyl (C=O) groups excluding carboxylic acids is 2. The van der Waals surface area contributed by atoms with Crippen molar-refractivity contribution < 1.29 is 19.5 Å². The summed E-state index contributed by atoms with van der Waals surface area (Å²) in [5.74, 6) is -0.966. The van der Waals surface area contributed by atoms with Gasteiger partial charge < -0.3 is 19.9 Å². The lowest BCUT2D eigenvalue weighted by atomic mass is 10.1. The van der Waals surface area contributed by atoms with Crippen LogP contribution in [0.4, 0.5) is 10.5 Å². The van der Waals surface area contributed by atoms with Crippen LogP contribution in [0.5, 0.6) is 0 Å². The van der Waals surface area contributed by atoms with Crippen LogP contribution >= 0.6 is 0 Å². The Balaban J connectivity index is 1.69. The third-order valence-electron chi connectivity index (χ3n) is 5.36. The number of hydrogen-bond acceptors (Lipinski definition) is 4. The number of hydrogen-bond donors (Lipinski definition) is 2. The van der Waals surface area contributed by atoms with Gasteiger partial charge >= 0.3 is 12.0 Å². The SMILES string of the molecule is CN1Cc2ccccc2N(C(=O)N(C)Cc2nc3ccccc3[nH]2)[C@@H](CC(=O)O)C1=O. The van der Waals surface area contributed by atoms with Gasteiger partial charge in [-0.3, -0.25) is 14.5 Å². The number of urea groups is 1. The summed E-state index contributed by atoms with van der Waals surface area (Å²) in [5, 5.41) is 9.43. The predicted molar refractivity (Wildman–Crippen MR) is 114 cm³/mol. The molecule has 0 saturated carbocycles. The molecule has 1 atom stereocenters. The zero-order chi connectivity index (χ0) is 22.1. The number of rotatable bonds is 4. The number of carbonyl (C=O) groups is 3. The highest BCUT2D eigenvalue weighted by atomic mass is 16.4. The number of aliphatic carboxylic acids is 1. The molecule has 31 heavy (non-hydrogen) atoms. The number of nitrogens with one attached hydrogen (secondary N) is 1. The normalized spacial score (nSPS) is 16.2. The average molecular weight is 421 g/mol. The van der Waals surface area contributed by atoms with E-state index in [1.54, 1.807) is 26.2 Å². The number of aromatic nitrogens is 2. The molecule has 2 heterocycles. The number of carboxylic acids is 1. The fraction of sp³-hybridized carbons (Fsp3) is 0.273. The zero-order valence-electron chi connectivity index (χ0n) is 17.3. The minimum atomic E-state index is -1.15. The number of fused-ring (bicyclic) bond motifs is 2. The van der Waals surface area contributed by atoms with Gasteiger partial charge in [0.15, 0.2) is 0 Å². The fourth-order valence-electron chi connectivity index (χ4n) is 3.88. The first-order valence-electron chi connectivity index (χ1n) is 9.87. The molecule has 1 aliphatic heterocycles. The summed E-state index contributed by atoms with van der Waals surface area (Å²) in [6, 6.07) is 13.1. The molecule has 9 heteroatoms. The third-order valence-corrected chi connectivity index (χ3v) is 5.36. The van der Waals surface area contributed by atoms with Crippen molar-refractivity contribution >= 4 is 34.6 Å². The zero-order valence-corrected chi connectivity index (χ0v) is 17.3. The van der Waals surface area contributed by atoms with Gasteiger partial charge in [-0.2, -0.15) is 0 Å². The first-order chi connectivity index (χ1) is 14.8. The molecule has 4 rings (SSSR count). The van der Waals surface area contributed by atoms with E-state index in [-0.39, 0.29) is 6.54 Å². The molecule has 1 aromatic heterocycles. The maximum Gasteiger partial charge on any atom is 0.325 e. The lowest BCUT2D eigenvalue weighted by molar-refractivity contribution is -0.141. The van der Waals surface area contributed by atoms with E-state index in [9.17, 15) is 19.5 Å². The van der Waals surface area contributed by atoms with Crippen LogP contribution in [0.1, 0.15) is 17.8 Å². The Morgan fingerprint density at radius 2 is 1.90 bits per heavy atom. The molecule has 3 amide bonds. The molecule has 2 aromatic carbocycles. The monoisotopic (exact) mass is 421 g/mol. The molecule has 0 fully saturated rings. The predicted octanol–water partition coefficient (Wildman–Crippen LogP) is 2.44. The maximum absolute atomic E-state index is 13.5. The van der Waals surface area contributed by atoms with E-state index in [1.165, 1.54) is 14.7 Å². The van der Waals surface area contributed by atoms with Crippen molar-refractivity contribution in [2.75, 3.05) is 19.0 Å². The van der Waals surface area contributed by atoms with E-state index in [1.807, 2.05) is 36.4 Å². The first kappa shape index (κ1) is 20.4. The van der Waals surface area contributed by atoms with Crippen molar-refractivity contribution in [3.63, 3.8) is 0 Å². The van der Waals surface area contributed by atoms with E-state index < -0.39 is 30.4 Å². The number of amides is 3. The summed E-state index contributed by atoms with van der Waals surface area (Å²) in [5.41, 5.74) is 2.96. The lowest BCUT2D eigenvalue weighted by Crippen LogP contribution is -2.53. The van der Waals surface area contributed by atoms with Gasteiger partial charge in [0.25, 0.3) is 0 Å². The molecule has 0 radical (unpaired) electrons. The molecular weight excluding hydrogens is 398 g/mol. The fourth-order valence-corrected chi connectivity index (χ4v) is 3.88. The summed E-state index contributed by atoms with van der Waals surface area (Å²) < 4.78 is 0. The van der Waals surface area contributed by atoms with Gasteiger partial charge in [-0.1, -0.05) is 30.3 Å². The van der Waals surface area contributed by atoms with Crippen LogP contribution in [0.15, 0.2) is 48.5 Å². The Morgan fingerprint density at radius 3 is 2.65 bits per heavy atom. The van der Waals surface area contributed by atoms with Crippen molar-refractivity contribution in [2.24, 2.45) is 0 Å². The number of imidazole rings is 1. The summed E-state index contributed by atoms with van der Waals surface area (Å²) in [4.78, 5) is 49.9. The van der Waals surface area contributed by atoms with Crippen LogP contribution in [0.2, 0.25) is 0 Å². The van der Waals surface area contributed by atoms with Gasteiger partial charge in [0.05, 0.1) is 29.7 Å². The number of benzene rings is 2. The Morgan fingerprint density at radius 1 is 1.19 bits per heavy atom. The largest absolute Gasteiger partial charge is 0.481 e. The van der Waals surface area contributed by atoms with Crippen LogP contribution in [0, 0.1) is 0 Å². The number of carboxylic acid groups (broad SMARTS) is 1. The Bertz CT molecular complexity index is 1120. The number of H-pyrrole nitrogens is 1. The number of aromatic amines is 1. The molecule has 0 spiro atoms. The highest BCUT2D eigenvalue weighted by Gasteiger charge is 2.39. The average Bonchev–Trinajstić information content (AvgIpc) is 3.11. The molecule has 0 unspecified atom stereocenters. The molecule has 3 aromatic rings. The molecule has 1 aliphatic rings. The van der Waals surface area contributed by atoms with Crippen LogP contribution in [0.3, 0.4) is 0 Å². The number of anilines is 1. The topological polar surface area (TPSA) is 110 Å². The molecule has 0 saturated heterocycles. The summed E-state index contributed by atoms with van der Waals surface area (Å²) in [6.45, 7) is 0.470. The van der Waals surface area contributed by atoms with Crippen molar-refractivity contribution in [1.82, 2.24) is 19.8 Å². The highest BCUT2D eigenvalue weighted by Crippen LogP contribution is 2.30. The second kappa shape index (κ2) is 8.10. The minimum Gasteiger partial charge on any atom is -0.481 e. The van der Waals surface area contributed by atoms with Gasteiger partial charge in [0.2, 0.25) is 5.91 Å². The maximum atomic E-state index is 13.5. The quantitative estimate of drug-likeness (QED) is 0.672. The number of para-hydroxylation sites is 3. The summed E-state index contributed by atoms with van der Waals surface area (Å²) in [7, 11) is 3.22. The lowest BCUT2D eigenvalue weighted by Gasteiger charge is -2.33. The number of nitrogens with zero attached hydrogens (tertiary/aromatic N) is 4. The van der Waals surface area contributed by atoms with Crippen LogP contribution in [-0.2, 0) is 22.7 Å². The Hall–Kier alpha value is -3.88. The highest BCUT2D eigenvalue weighted by molar-refractivity contribution is 6.02. The van der Waals surface area contributed by atoms with Crippen molar-refractivity contribution in [3.05, 3.63) is 59.9 Å². The van der Waals surface area contributed by atoms with Gasteiger partial charge in [-0.25, -0.2) is 9.78 Å². The van der Waals surface area contributed by atoms with E-state index in [0.717, 1.165) is 16.6 Å². The van der Waals surface area contributed by atoms with Gasteiger partial charge in [0, 0.05) is 20.6 Å². The summed E-state index contributed by atoms with van der Waals surface area (Å²) >= 11 is 0. The molecular formula is C22H23N5O4. The second-order valence-corrected chi connectivity index (χ2v) is 7.65. The Kier molecular flexibility index (Phi) is 5.33. The van der Waals surface area contributed by atoms with Crippen LogP contribution < -0.4 is 4.90 Å². The van der Waals surface area contributed by atoms with E-state index in [4.69, 9.17) is 0 Å². The molecule has 160 valence electrons. The second-order valence-electron chi connectivity index (χ2n) is 7.65. The molecule has 0 bridgehead atoms. The van der Waals surface area contributed by atoms with Crippen molar-refractivity contribution in [3.8, 4) is 0 Å². The third kappa shape index (κ3) is 3.94. The van der Waals surface area contributed by atoms with Crippen molar-refractivity contribution in [2.45, 2.75) is 25.6 Å². The first-order valence-corrected chi connectivity index (χ1v) is 9.87. The number of likely N-dealkylation sites (N-methyl/N-ethyl adjacent to an activating group) is 1. The summed E-state index contributed by atoms with van der Waals surface area (Å²) in [6.07, 6.45) is -0.484. The molecule has 2 N–H and O–H groups in total. The van der Waals surface area contributed by atoms with Crippen LogP contribution in [-0.4, -0.2) is 62.9 Å². The van der Waals surface area contributed by atoms with Crippen LogP contribution in [0.25, 0.3) is 11.0 Å². The Labute approximate surface area is 178 Å². The van der Waals surface area contributed by atoms with E-state index in [2.05, 4.69) is 9.97 Å².